The van der Waals surface area contributed by atoms with E-state index in [0.717, 1.165) is 0 Å². The highest BCUT2D eigenvalue weighted by atomic mass is 32.2. The molecule has 0 aliphatic carbocycles. The van der Waals surface area contributed by atoms with Crippen LogP contribution in [0.15, 0.2) is 0 Å². The number of urea groups is 1. The Hall–Kier alpha value is -1.31. The molecule has 2 N–H and O–H groups in total. The van der Waals surface area contributed by atoms with Gasteiger partial charge in [-0.05, 0) is 6.42 Å². The Morgan fingerprint density at radius 2 is 1.94 bits per heavy atom. The van der Waals surface area contributed by atoms with Gasteiger partial charge in [-0.15, -0.1) is 0 Å². The molecule has 0 bridgehead atoms. The summed E-state index contributed by atoms with van der Waals surface area (Å²) in [7, 11) is -1.55. The molecule has 0 spiro atoms. The van der Waals surface area contributed by atoms with Gasteiger partial charge in [0.25, 0.3) is 0 Å². The van der Waals surface area contributed by atoms with Crippen LogP contribution in [-0.2, 0) is 14.6 Å². The molecule has 0 unspecified atom stereocenters. The first-order chi connectivity index (χ1) is 8.28. The van der Waals surface area contributed by atoms with Gasteiger partial charge in [0.2, 0.25) is 0 Å². The third-order valence-corrected chi connectivity index (χ3v) is 4.07. The first-order valence-electron chi connectivity index (χ1n) is 5.69. The SMILES string of the molecule is CCS(=O)(=O)CCNC(=O)N(C)CCCC(=O)O. The summed E-state index contributed by atoms with van der Waals surface area (Å²) in [6.07, 6.45) is 0.369. The second-order valence-corrected chi connectivity index (χ2v) is 6.36. The fourth-order valence-electron chi connectivity index (χ4n) is 1.16. The van der Waals surface area contributed by atoms with Crippen LogP contribution in [0.2, 0.25) is 0 Å². The second-order valence-electron chi connectivity index (χ2n) is 3.89. The fraction of sp³-hybridized carbons (Fsp3) is 0.800. The zero-order valence-electron chi connectivity index (χ0n) is 10.7. The van der Waals surface area contributed by atoms with Crippen molar-refractivity contribution < 1.29 is 23.1 Å². The van der Waals surface area contributed by atoms with Crippen molar-refractivity contribution >= 4 is 21.8 Å². The standard InChI is InChI=1S/C10H20N2O5S/c1-3-18(16,17)8-6-11-10(15)12(2)7-4-5-9(13)14/h3-8H2,1-2H3,(H,11,15)(H,13,14). The monoisotopic (exact) mass is 280 g/mol. The lowest BCUT2D eigenvalue weighted by molar-refractivity contribution is -0.137. The van der Waals surface area contributed by atoms with Crippen LogP contribution in [0.25, 0.3) is 0 Å². The van der Waals surface area contributed by atoms with Gasteiger partial charge in [0.15, 0.2) is 9.84 Å². The Bertz CT molecular complexity index is 380. The molecule has 106 valence electrons. The number of carbonyl (C=O) groups excluding carboxylic acids is 1. The fourth-order valence-corrected chi connectivity index (χ4v) is 1.86. The molecule has 0 saturated heterocycles. The minimum Gasteiger partial charge on any atom is -0.481 e. The largest absolute Gasteiger partial charge is 0.481 e. The Morgan fingerprint density at radius 3 is 2.44 bits per heavy atom. The molecule has 0 rings (SSSR count). The van der Waals surface area contributed by atoms with E-state index < -0.39 is 21.8 Å². The van der Waals surface area contributed by atoms with Crippen molar-refractivity contribution in [3.63, 3.8) is 0 Å². The van der Waals surface area contributed by atoms with Crippen LogP contribution >= 0.6 is 0 Å². The molecule has 0 fully saturated rings. The topological polar surface area (TPSA) is 104 Å². The van der Waals surface area contributed by atoms with Gasteiger partial charge in [-0.2, -0.15) is 0 Å². The smallest absolute Gasteiger partial charge is 0.317 e. The van der Waals surface area contributed by atoms with E-state index in [9.17, 15) is 18.0 Å². The van der Waals surface area contributed by atoms with Crippen LogP contribution in [0.3, 0.4) is 0 Å². The van der Waals surface area contributed by atoms with Crippen LogP contribution in [-0.4, -0.2) is 62.1 Å². The van der Waals surface area contributed by atoms with Crippen molar-refractivity contribution in [3.05, 3.63) is 0 Å². The highest BCUT2D eigenvalue weighted by Gasteiger charge is 2.11. The number of carbonyl (C=O) groups is 2. The molecule has 0 aromatic carbocycles. The van der Waals surface area contributed by atoms with Gasteiger partial charge in [0.1, 0.15) is 0 Å². The maximum absolute atomic E-state index is 11.5. The number of nitrogens with zero attached hydrogens (tertiary/aromatic N) is 1. The molecular formula is C10H20N2O5S. The molecule has 0 saturated carbocycles. The lowest BCUT2D eigenvalue weighted by atomic mass is 10.3. The van der Waals surface area contributed by atoms with Gasteiger partial charge < -0.3 is 15.3 Å². The summed E-state index contributed by atoms with van der Waals surface area (Å²) in [6, 6.07) is -0.397. The summed E-state index contributed by atoms with van der Waals surface area (Å²) < 4.78 is 22.3. The third kappa shape index (κ3) is 7.88. The maximum atomic E-state index is 11.5. The lowest BCUT2D eigenvalue weighted by Gasteiger charge is -2.17. The molecule has 2 amide bonds. The normalized spacial score (nSPS) is 11.0. The number of rotatable bonds is 8. The van der Waals surface area contributed by atoms with Crippen LogP contribution in [0.1, 0.15) is 19.8 Å². The van der Waals surface area contributed by atoms with Crippen LogP contribution < -0.4 is 5.32 Å². The molecule has 0 heterocycles. The number of carboxylic acid groups (broad SMARTS) is 1. The van der Waals surface area contributed by atoms with Gasteiger partial charge in [-0.25, -0.2) is 13.2 Å². The van der Waals surface area contributed by atoms with Crippen LogP contribution in [0.5, 0.6) is 0 Å². The first kappa shape index (κ1) is 16.7. The van der Waals surface area contributed by atoms with Crippen molar-refractivity contribution in [3.8, 4) is 0 Å². The predicted octanol–water partition coefficient (Wildman–Crippen LogP) is -0.0727. The van der Waals surface area contributed by atoms with Gasteiger partial charge in [0, 0.05) is 32.3 Å². The summed E-state index contributed by atoms with van der Waals surface area (Å²) in [5.41, 5.74) is 0. The first-order valence-corrected chi connectivity index (χ1v) is 7.52. The number of carboxylic acids is 1. The van der Waals surface area contributed by atoms with Crippen molar-refractivity contribution in [1.82, 2.24) is 10.2 Å². The van der Waals surface area contributed by atoms with E-state index in [1.165, 1.54) is 11.9 Å². The van der Waals surface area contributed by atoms with Gasteiger partial charge in [-0.3, -0.25) is 4.79 Å². The quantitative estimate of drug-likeness (QED) is 0.647. The molecule has 0 aromatic rings. The molecule has 0 radical (unpaired) electrons. The van der Waals surface area contributed by atoms with E-state index in [-0.39, 0.29) is 24.5 Å². The van der Waals surface area contributed by atoms with Crippen molar-refractivity contribution in [2.45, 2.75) is 19.8 Å². The zero-order chi connectivity index (χ0) is 14.2. The molecule has 0 aliphatic heterocycles. The predicted molar refractivity (Wildman–Crippen MR) is 67.2 cm³/mol. The molecule has 7 nitrogen and oxygen atoms in total. The summed E-state index contributed by atoms with van der Waals surface area (Å²) in [6.45, 7) is 1.94. The molecular weight excluding hydrogens is 260 g/mol. The number of nitrogens with one attached hydrogen (secondary N) is 1. The molecule has 8 heteroatoms. The van der Waals surface area contributed by atoms with Crippen molar-refractivity contribution in [2.75, 3.05) is 31.6 Å². The van der Waals surface area contributed by atoms with Crippen LogP contribution in [0.4, 0.5) is 4.79 Å². The van der Waals surface area contributed by atoms with E-state index in [1.54, 1.807) is 6.92 Å². The average Bonchev–Trinajstić information content (AvgIpc) is 2.28. The molecule has 0 aliphatic rings. The number of aliphatic carboxylic acids is 1. The van der Waals surface area contributed by atoms with E-state index in [4.69, 9.17) is 5.11 Å². The maximum Gasteiger partial charge on any atom is 0.317 e. The highest BCUT2D eigenvalue weighted by Crippen LogP contribution is 1.94. The Labute approximate surface area is 107 Å². The van der Waals surface area contributed by atoms with Crippen molar-refractivity contribution in [1.29, 1.82) is 0 Å². The third-order valence-electron chi connectivity index (χ3n) is 2.36. The van der Waals surface area contributed by atoms with Gasteiger partial charge in [-0.1, -0.05) is 6.92 Å². The van der Waals surface area contributed by atoms with Gasteiger partial charge in [0.05, 0.1) is 5.75 Å². The number of hydrogen-bond acceptors (Lipinski definition) is 4. The molecule has 0 aromatic heterocycles. The highest BCUT2D eigenvalue weighted by molar-refractivity contribution is 7.91. The molecule has 18 heavy (non-hydrogen) atoms. The second kappa shape index (κ2) is 7.91. The minimum absolute atomic E-state index is 0.00182. The number of amides is 2. The zero-order valence-corrected chi connectivity index (χ0v) is 11.5. The Morgan fingerprint density at radius 1 is 1.33 bits per heavy atom. The van der Waals surface area contributed by atoms with Crippen LogP contribution in [0, 0.1) is 0 Å². The van der Waals surface area contributed by atoms with Crippen molar-refractivity contribution in [2.24, 2.45) is 0 Å². The van der Waals surface area contributed by atoms with Gasteiger partial charge >= 0.3 is 12.0 Å². The van der Waals surface area contributed by atoms with E-state index in [0.29, 0.717) is 13.0 Å². The number of sulfone groups is 1. The Balaban J connectivity index is 3.85. The van der Waals surface area contributed by atoms with E-state index in [2.05, 4.69) is 5.32 Å². The summed E-state index contributed by atoms with van der Waals surface area (Å²) >= 11 is 0. The minimum atomic E-state index is -3.08. The Kier molecular flexibility index (Phi) is 7.33. The van der Waals surface area contributed by atoms with E-state index in [1.807, 2.05) is 0 Å². The summed E-state index contributed by atoms with van der Waals surface area (Å²) in [5.74, 6) is -0.937. The summed E-state index contributed by atoms with van der Waals surface area (Å²) in [4.78, 5) is 23.1. The average molecular weight is 280 g/mol. The molecule has 0 atom stereocenters. The number of hydrogen-bond donors (Lipinski definition) is 2. The van der Waals surface area contributed by atoms with E-state index >= 15 is 0 Å². The lowest BCUT2D eigenvalue weighted by Crippen LogP contribution is -2.40. The summed E-state index contributed by atoms with van der Waals surface area (Å²) in [5, 5.41) is 10.9.